The van der Waals surface area contributed by atoms with Gasteiger partial charge in [-0.2, -0.15) is 0 Å². The summed E-state index contributed by atoms with van der Waals surface area (Å²) in [5.41, 5.74) is 0.359. The molecule has 0 aliphatic carbocycles. The van der Waals surface area contributed by atoms with E-state index in [2.05, 4.69) is 0 Å². The molecule has 0 unspecified atom stereocenters. The molecule has 1 aromatic rings. The van der Waals surface area contributed by atoms with Crippen LogP contribution in [-0.2, 0) is 4.74 Å². The van der Waals surface area contributed by atoms with Gasteiger partial charge in [0, 0.05) is 13.1 Å². The molecule has 1 aliphatic heterocycles. The second kappa shape index (κ2) is 5.21. The Bertz CT molecular complexity index is 443. The van der Waals surface area contributed by atoms with Crippen molar-refractivity contribution in [3.05, 3.63) is 23.8 Å². The fourth-order valence-electron chi connectivity index (χ4n) is 1.98. The number of hydrogen-bond donors (Lipinski definition) is 3. The summed E-state index contributed by atoms with van der Waals surface area (Å²) < 4.78 is 5.19. The van der Waals surface area contributed by atoms with E-state index in [-0.39, 0.29) is 16.5 Å². The first-order valence-corrected chi connectivity index (χ1v) is 5.48. The summed E-state index contributed by atoms with van der Waals surface area (Å²) in [7, 11) is 0. The van der Waals surface area contributed by atoms with Crippen LogP contribution < -0.4 is 10.1 Å². The molecule has 7 heteroatoms. The summed E-state index contributed by atoms with van der Waals surface area (Å²) in [4.78, 5) is 13.0. The van der Waals surface area contributed by atoms with Crippen LogP contribution in [-0.4, -0.2) is 47.8 Å². The number of carboxylic acid groups (broad SMARTS) is 1. The summed E-state index contributed by atoms with van der Waals surface area (Å²) in [6.45, 7) is 1.96. The van der Waals surface area contributed by atoms with Crippen molar-refractivity contribution in [2.75, 3.05) is 36.4 Å². The van der Waals surface area contributed by atoms with Gasteiger partial charge in [-0.25, -0.2) is 4.79 Å². The molecule has 18 heavy (non-hydrogen) atoms. The molecule has 0 radical (unpaired) electrons. The maximum atomic E-state index is 11.2. The number of aromatic carboxylic acids is 1. The van der Waals surface area contributed by atoms with Crippen molar-refractivity contribution >= 4 is 17.3 Å². The maximum Gasteiger partial charge on any atom is 0.337 e. The molecule has 1 aromatic carbocycles. The second-order valence-corrected chi connectivity index (χ2v) is 3.87. The number of anilines is 2. The molecular formula is C11H14N2O5. The van der Waals surface area contributed by atoms with Crippen molar-refractivity contribution in [1.29, 1.82) is 0 Å². The minimum Gasteiger partial charge on any atom is -0.478 e. The van der Waals surface area contributed by atoms with E-state index in [4.69, 9.17) is 9.84 Å². The van der Waals surface area contributed by atoms with Gasteiger partial charge in [-0.05, 0) is 12.1 Å². The summed E-state index contributed by atoms with van der Waals surface area (Å²) in [5.74, 6) is -1.11. The molecule has 0 spiro atoms. The Kier molecular flexibility index (Phi) is 3.66. The van der Waals surface area contributed by atoms with Gasteiger partial charge in [-0.1, -0.05) is 6.07 Å². The number of morpholine rings is 1. The number of para-hydroxylation sites is 1. The fourth-order valence-corrected chi connectivity index (χ4v) is 1.98. The second-order valence-electron chi connectivity index (χ2n) is 3.87. The number of rotatable bonds is 3. The van der Waals surface area contributed by atoms with Crippen molar-refractivity contribution in [3.63, 3.8) is 0 Å². The molecule has 1 saturated heterocycles. The first-order valence-electron chi connectivity index (χ1n) is 5.48. The summed E-state index contributed by atoms with van der Waals surface area (Å²) >= 11 is 0. The van der Waals surface area contributed by atoms with Gasteiger partial charge in [0.25, 0.3) is 0 Å². The quantitative estimate of drug-likeness (QED) is 0.687. The van der Waals surface area contributed by atoms with Crippen molar-refractivity contribution in [2.24, 2.45) is 0 Å². The van der Waals surface area contributed by atoms with Crippen LogP contribution >= 0.6 is 0 Å². The minimum absolute atomic E-state index is 0.0301. The summed E-state index contributed by atoms with van der Waals surface area (Å²) in [6, 6.07) is 4.33. The lowest BCUT2D eigenvalue weighted by atomic mass is 10.1. The van der Waals surface area contributed by atoms with Gasteiger partial charge < -0.3 is 14.7 Å². The van der Waals surface area contributed by atoms with Crippen LogP contribution in [0.25, 0.3) is 0 Å². The lowest BCUT2D eigenvalue weighted by Crippen LogP contribution is -2.38. The normalized spacial score (nSPS) is 15.6. The third-order valence-electron chi connectivity index (χ3n) is 2.79. The molecule has 1 fully saturated rings. The number of carbonyl (C=O) groups is 1. The zero-order valence-corrected chi connectivity index (χ0v) is 9.61. The first kappa shape index (κ1) is 12.6. The van der Waals surface area contributed by atoms with Gasteiger partial charge in [0.2, 0.25) is 0 Å². The van der Waals surface area contributed by atoms with Crippen LogP contribution in [0.5, 0.6) is 0 Å². The Hall–Kier alpha value is -1.83. The van der Waals surface area contributed by atoms with Crippen molar-refractivity contribution in [2.45, 2.75) is 0 Å². The fraction of sp³-hybridized carbons (Fsp3) is 0.364. The molecule has 3 N–H and O–H groups in total. The standard InChI is InChI=1S/C11H14N2O5/c14-11(15)8-2-1-3-9(13(16)17)10(8)12-4-6-18-7-5-12/h1-3,16-17H,4-7H2,(H,14,15). The van der Waals surface area contributed by atoms with Crippen LogP contribution in [0, 0.1) is 0 Å². The van der Waals surface area contributed by atoms with Crippen LogP contribution in [0.4, 0.5) is 11.4 Å². The van der Waals surface area contributed by atoms with Crippen molar-refractivity contribution < 1.29 is 25.1 Å². The molecule has 0 bridgehead atoms. The molecule has 0 saturated carbocycles. The topological polar surface area (TPSA) is 93.5 Å². The number of nitrogens with zero attached hydrogens (tertiary/aromatic N) is 2. The zero-order valence-electron chi connectivity index (χ0n) is 9.61. The summed E-state index contributed by atoms with van der Waals surface area (Å²) in [6.07, 6.45) is 0. The highest BCUT2D eigenvalue weighted by atomic mass is 16.8. The van der Waals surface area contributed by atoms with Crippen molar-refractivity contribution in [1.82, 2.24) is 0 Å². The smallest absolute Gasteiger partial charge is 0.337 e. The highest BCUT2D eigenvalue weighted by Gasteiger charge is 2.23. The summed E-state index contributed by atoms with van der Waals surface area (Å²) in [5, 5.41) is 27.5. The Balaban J connectivity index is 2.48. The molecule has 1 aliphatic rings. The van der Waals surface area contributed by atoms with Gasteiger partial charge in [0.1, 0.15) is 5.69 Å². The van der Waals surface area contributed by atoms with Crippen LogP contribution in [0.2, 0.25) is 0 Å². The molecule has 0 amide bonds. The van der Waals surface area contributed by atoms with E-state index in [1.165, 1.54) is 18.2 Å². The Morgan fingerprint density at radius 2 is 1.94 bits per heavy atom. The van der Waals surface area contributed by atoms with Gasteiger partial charge in [0.05, 0.1) is 24.5 Å². The molecule has 0 atom stereocenters. The largest absolute Gasteiger partial charge is 0.478 e. The van der Waals surface area contributed by atoms with E-state index in [0.717, 1.165) is 0 Å². The predicted molar refractivity (Wildman–Crippen MR) is 62.5 cm³/mol. The zero-order chi connectivity index (χ0) is 13.1. The Labute approximate surface area is 103 Å². The third-order valence-corrected chi connectivity index (χ3v) is 2.79. The van der Waals surface area contributed by atoms with E-state index >= 15 is 0 Å². The van der Waals surface area contributed by atoms with E-state index in [0.29, 0.717) is 32.0 Å². The highest BCUT2D eigenvalue weighted by molar-refractivity contribution is 5.98. The average molecular weight is 254 g/mol. The molecular weight excluding hydrogens is 240 g/mol. The number of hydrogen-bond acceptors (Lipinski definition) is 6. The van der Waals surface area contributed by atoms with E-state index in [1.54, 1.807) is 4.90 Å². The van der Waals surface area contributed by atoms with E-state index in [1.807, 2.05) is 0 Å². The minimum atomic E-state index is -1.11. The molecule has 2 rings (SSSR count). The monoisotopic (exact) mass is 254 g/mol. The lowest BCUT2D eigenvalue weighted by molar-refractivity contribution is 0.0292. The molecule has 0 aromatic heterocycles. The number of benzene rings is 1. The van der Waals surface area contributed by atoms with Gasteiger partial charge in [-0.3, -0.25) is 10.4 Å². The molecule has 1 heterocycles. The number of ether oxygens (including phenoxy) is 1. The third kappa shape index (κ3) is 2.37. The Morgan fingerprint density at radius 3 is 2.50 bits per heavy atom. The molecule has 7 nitrogen and oxygen atoms in total. The Morgan fingerprint density at radius 1 is 1.28 bits per heavy atom. The SMILES string of the molecule is O=C(O)c1cccc(N(O)O)c1N1CCOCC1. The van der Waals surface area contributed by atoms with Crippen LogP contribution in [0.1, 0.15) is 10.4 Å². The van der Waals surface area contributed by atoms with Gasteiger partial charge in [0.15, 0.2) is 0 Å². The van der Waals surface area contributed by atoms with E-state index in [9.17, 15) is 15.2 Å². The van der Waals surface area contributed by atoms with Crippen LogP contribution in [0.3, 0.4) is 0 Å². The maximum absolute atomic E-state index is 11.2. The average Bonchev–Trinajstić information content (AvgIpc) is 2.38. The lowest BCUT2D eigenvalue weighted by Gasteiger charge is -2.32. The molecule has 98 valence electrons. The van der Waals surface area contributed by atoms with Gasteiger partial charge >= 0.3 is 5.97 Å². The van der Waals surface area contributed by atoms with E-state index < -0.39 is 5.97 Å². The first-order chi connectivity index (χ1) is 8.61. The predicted octanol–water partition coefficient (Wildman–Crippen LogP) is 0.806. The van der Waals surface area contributed by atoms with Crippen LogP contribution in [0.15, 0.2) is 18.2 Å². The highest BCUT2D eigenvalue weighted by Crippen LogP contribution is 2.32. The van der Waals surface area contributed by atoms with Gasteiger partial charge in [-0.15, -0.1) is 5.23 Å². The van der Waals surface area contributed by atoms with Crippen molar-refractivity contribution in [3.8, 4) is 0 Å². The number of carboxylic acids is 1.